The van der Waals surface area contributed by atoms with E-state index in [1.54, 1.807) is 6.07 Å². The van der Waals surface area contributed by atoms with Gasteiger partial charge in [0.25, 0.3) is 0 Å². The van der Waals surface area contributed by atoms with E-state index < -0.39 is 0 Å². The Morgan fingerprint density at radius 3 is 2.53 bits per heavy atom. The van der Waals surface area contributed by atoms with E-state index >= 15 is 0 Å². The lowest BCUT2D eigenvalue weighted by Gasteiger charge is -2.09. The minimum Gasteiger partial charge on any atom is -0.397 e. The molecule has 0 aliphatic heterocycles. The number of aromatic nitrogens is 2. The Bertz CT molecular complexity index is 617. The van der Waals surface area contributed by atoms with Crippen molar-refractivity contribution in [3.05, 3.63) is 41.0 Å². The normalized spacial score (nSPS) is 10.2. The number of hydrogen-bond acceptors (Lipinski definition) is 3. The predicted molar refractivity (Wildman–Crippen MR) is 66.9 cm³/mol. The molecule has 17 heavy (non-hydrogen) atoms. The van der Waals surface area contributed by atoms with Gasteiger partial charge in [0, 0.05) is 11.9 Å². The molecule has 0 fully saturated rings. The molecular formula is C13H14N4. The second-order valence-corrected chi connectivity index (χ2v) is 4.14. The summed E-state index contributed by atoms with van der Waals surface area (Å²) >= 11 is 0. The lowest BCUT2D eigenvalue weighted by molar-refractivity contribution is 0.972. The average molecular weight is 226 g/mol. The van der Waals surface area contributed by atoms with Gasteiger partial charge in [-0.25, -0.2) is 4.98 Å². The van der Waals surface area contributed by atoms with Gasteiger partial charge in [0.2, 0.25) is 0 Å². The van der Waals surface area contributed by atoms with Crippen molar-refractivity contribution in [3.8, 4) is 11.8 Å². The molecule has 4 heteroatoms. The Morgan fingerprint density at radius 1 is 1.29 bits per heavy atom. The molecule has 1 heterocycles. The maximum atomic E-state index is 9.03. The third-order valence-electron chi connectivity index (χ3n) is 2.77. The quantitative estimate of drug-likeness (QED) is 0.758. The van der Waals surface area contributed by atoms with Crippen LogP contribution in [0.4, 0.5) is 5.69 Å². The molecule has 1 aromatic carbocycles. The fourth-order valence-electron chi connectivity index (χ4n) is 1.89. The first-order valence-corrected chi connectivity index (χ1v) is 5.36. The maximum Gasteiger partial charge on any atom is 0.110 e. The lowest BCUT2D eigenvalue weighted by atomic mass is 10.1. The van der Waals surface area contributed by atoms with Crippen LogP contribution in [0.5, 0.6) is 0 Å². The number of nitrogens with zero attached hydrogens (tertiary/aromatic N) is 3. The molecule has 4 nitrogen and oxygen atoms in total. The molecule has 86 valence electrons. The Morgan fingerprint density at radius 2 is 2.00 bits per heavy atom. The van der Waals surface area contributed by atoms with E-state index in [1.807, 2.05) is 37.6 Å². The Hall–Kier alpha value is -2.28. The molecule has 0 radical (unpaired) electrons. The molecule has 1 aromatic heterocycles. The lowest BCUT2D eigenvalue weighted by Crippen LogP contribution is -2.00. The first kappa shape index (κ1) is 11.2. The van der Waals surface area contributed by atoms with Gasteiger partial charge in [-0.2, -0.15) is 5.26 Å². The van der Waals surface area contributed by atoms with Gasteiger partial charge >= 0.3 is 0 Å². The van der Waals surface area contributed by atoms with Crippen LogP contribution in [-0.2, 0) is 0 Å². The maximum absolute atomic E-state index is 9.03. The van der Waals surface area contributed by atoms with Crippen molar-refractivity contribution < 1.29 is 0 Å². The van der Waals surface area contributed by atoms with Crippen LogP contribution in [-0.4, -0.2) is 9.55 Å². The van der Waals surface area contributed by atoms with Crippen LogP contribution in [0.15, 0.2) is 18.3 Å². The summed E-state index contributed by atoms with van der Waals surface area (Å²) < 4.78 is 1.96. The summed E-state index contributed by atoms with van der Waals surface area (Å²) in [4.78, 5) is 4.34. The number of nitrogen functional groups attached to an aromatic ring is 1. The SMILES string of the molecule is Cc1cn(-c2cc(C)c(N)c(C#N)c2)c(C)n1. The highest BCUT2D eigenvalue weighted by molar-refractivity contribution is 5.63. The van der Waals surface area contributed by atoms with E-state index in [4.69, 9.17) is 11.0 Å². The number of nitriles is 1. The summed E-state index contributed by atoms with van der Waals surface area (Å²) in [5.41, 5.74) is 9.67. The molecule has 0 bridgehead atoms. The van der Waals surface area contributed by atoms with Crippen molar-refractivity contribution in [2.45, 2.75) is 20.8 Å². The number of aryl methyl sites for hydroxylation is 3. The smallest absolute Gasteiger partial charge is 0.110 e. The second kappa shape index (κ2) is 3.95. The van der Waals surface area contributed by atoms with Gasteiger partial charge in [-0.05, 0) is 38.5 Å². The topological polar surface area (TPSA) is 67.6 Å². The van der Waals surface area contributed by atoms with Crippen molar-refractivity contribution in [3.63, 3.8) is 0 Å². The fourth-order valence-corrected chi connectivity index (χ4v) is 1.89. The molecular weight excluding hydrogens is 212 g/mol. The standard InChI is InChI=1S/C13H14N4/c1-8-4-12(5-11(6-14)13(8)15)17-7-9(2)16-10(17)3/h4-5,7H,15H2,1-3H3. The van der Waals surface area contributed by atoms with Gasteiger partial charge < -0.3 is 10.3 Å². The highest BCUT2D eigenvalue weighted by atomic mass is 15.1. The molecule has 0 amide bonds. The third-order valence-corrected chi connectivity index (χ3v) is 2.77. The van der Waals surface area contributed by atoms with E-state index in [0.29, 0.717) is 11.3 Å². The molecule has 0 spiro atoms. The number of benzene rings is 1. The summed E-state index contributed by atoms with van der Waals surface area (Å²) in [6.45, 7) is 5.78. The van der Waals surface area contributed by atoms with Gasteiger partial charge in [0.1, 0.15) is 11.9 Å². The summed E-state index contributed by atoms with van der Waals surface area (Å²) in [5.74, 6) is 0.899. The van der Waals surface area contributed by atoms with Crippen molar-refractivity contribution in [2.75, 3.05) is 5.73 Å². The third kappa shape index (κ3) is 1.87. The first-order valence-electron chi connectivity index (χ1n) is 5.36. The minimum atomic E-state index is 0.505. The van der Waals surface area contributed by atoms with E-state index in [9.17, 15) is 0 Å². The summed E-state index contributed by atoms with van der Waals surface area (Å²) in [6, 6.07) is 5.86. The molecule has 2 rings (SSSR count). The molecule has 0 saturated carbocycles. The van der Waals surface area contributed by atoms with Crippen molar-refractivity contribution >= 4 is 5.69 Å². The van der Waals surface area contributed by atoms with E-state index in [2.05, 4.69) is 11.1 Å². The Kier molecular flexibility index (Phi) is 2.60. The predicted octanol–water partition coefficient (Wildman–Crippen LogP) is 2.25. The molecule has 0 aliphatic carbocycles. The van der Waals surface area contributed by atoms with Gasteiger partial charge in [0.05, 0.1) is 16.9 Å². The zero-order chi connectivity index (χ0) is 12.6. The molecule has 0 unspecified atom stereocenters. The highest BCUT2D eigenvalue weighted by Gasteiger charge is 2.08. The van der Waals surface area contributed by atoms with Crippen LogP contribution in [0.1, 0.15) is 22.6 Å². The van der Waals surface area contributed by atoms with Gasteiger partial charge in [-0.15, -0.1) is 0 Å². The molecule has 2 N–H and O–H groups in total. The fraction of sp³-hybridized carbons (Fsp3) is 0.231. The monoisotopic (exact) mass is 226 g/mol. The summed E-state index contributed by atoms with van der Waals surface area (Å²) in [5, 5.41) is 9.03. The number of hydrogen-bond donors (Lipinski definition) is 1. The van der Waals surface area contributed by atoms with Gasteiger partial charge in [-0.3, -0.25) is 0 Å². The number of nitrogens with two attached hydrogens (primary N) is 1. The number of rotatable bonds is 1. The number of anilines is 1. The summed E-state index contributed by atoms with van der Waals surface area (Å²) in [7, 11) is 0. The average Bonchev–Trinajstić information content (AvgIpc) is 2.61. The molecule has 0 atom stereocenters. The number of imidazole rings is 1. The van der Waals surface area contributed by atoms with E-state index in [0.717, 1.165) is 22.8 Å². The molecule has 0 aliphatic rings. The van der Waals surface area contributed by atoms with Crippen LogP contribution in [0, 0.1) is 32.1 Å². The van der Waals surface area contributed by atoms with E-state index in [1.165, 1.54) is 0 Å². The first-order chi connectivity index (χ1) is 8.02. The van der Waals surface area contributed by atoms with Gasteiger partial charge in [0.15, 0.2) is 0 Å². The minimum absolute atomic E-state index is 0.505. The van der Waals surface area contributed by atoms with Gasteiger partial charge in [-0.1, -0.05) is 0 Å². The molecule has 2 aromatic rings. The van der Waals surface area contributed by atoms with Crippen LogP contribution in [0.3, 0.4) is 0 Å². The zero-order valence-corrected chi connectivity index (χ0v) is 10.2. The van der Waals surface area contributed by atoms with E-state index in [-0.39, 0.29) is 0 Å². The van der Waals surface area contributed by atoms with Crippen molar-refractivity contribution in [1.82, 2.24) is 9.55 Å². The second-order valence-electron chi connectivity index (χ2n) is 4.14. The molecule has 0 saturated heterocycles. The van der Waals surface area contributed by atoms with Crippen LogP contribution >= 0.6 is 0 Å². The van der Waals surface area contributed by atoms with Crippen LogP contribution in [0.25, 0.3) is 5.69 Å². The Balaban J connectivity index is 2.65. The largest absolute Gasteiger partial charge is 0.397 e. The van der Waals surface area contributed by atoms with Crippen molar-refractivity contribution in [1.29, 1.82) is 5.26 Å². The van der Waals surface area contributed by atoms with Crippen molar-refractivity contribution in [2.24, 2.45) is 0 Å². The van der Waals surface area contributed by atoms with Crippen LogP contribution in [0.2, 0.25) is 0 Å². The zero-order valence-electron chi connectivity index (χ0n) is 10.2. The highest BCUT2D eigenvalue weighted by Crippen LogP contribution is 2.22. The summed E-state index contributed by atoms with van der Waals surface area (Å²) in [6.07, 6.45) is 1.95. The Labute approximate surface area is 100 Å². The van der Waals surface area contributed by atoms with Crippen LogP contribution < -0.4 is 5.73 Å².